The first-order chi connectivity index (χ1) is 14.0. The largest absolute Gasteiger partial charge is 0.497 e. The molecule has 1 unspecified atom stereocenters. The Bertz CT molecular complexity index is 1020. The van der Waals surface area contributed by atoms with Crippen LogP contribution in [0, 0.1) is 0 Å². The fourth-order valence-electron chi connectivity index (χ4n) is 3.13. The second-order valence-electron chi connectivity index (χ2n) is 6.66. The third kappa shape index (κ3) is 4.78. The van der Waals surface area contributed by atoms with Crippen LogP contribution in [0.1, 0.15) is 24.1 Å². The van der Waals surface area contributed by atoms with Gasteiger partial charge in [0.15, 0.2) is 0 Å². The van der Waals surface area contributed by atoms with Gasteiger partial charge in [-0.3, -0.25) is 0 Å². The first-order valence-electron chi connectivity index (χ1n) is 9.29. The van der Waals surface area contributed by atoms with Crippen LogP contribution in [0.4, 0.5) is 0 Å². The summed E-state index contributed by atoms with van der Waals surface area (Å²) in [4.78, 5) is 0.231. The molecule has 0 aromatic heterocycles. The van der Waals surface area contributed by atoms with Crippen molar-refractivity contribution in [1.82, 2.24) is 4.31 Å². The maximum absolute atomic E-state index is 13.5. The Kier molecular flexibility index (Phi) is 6.56. The van der Waals surface area contributed by atoms with Gasteiger partial charge in [-0.25, -0.2) is 8.42 Å². The van der Waals surface area contributed by atoms with Crippen molar-refractivity contribution in [3.8, 4) is 11.5 Å². The Morgan fingerprint density at radius 1 is 0.793 bits per heavy atom. The molecule has 0 N–H and O–H groups in total. The average molecular weight is 412 g/mol. The van der Waals surface area contributed by atoms with Crippen molar-refractivity contribution >= 4 is 10.0 Å². The van der Waals surface area contributed by atoms with E-state index in [4.69, 9.17) is 9.47 Å². The minimum Gasteiger partial charge on any atom is -0.497 e. The Hall–Kier alpha value is -2.83. The van der Waals surface area contributed by atoms with Crippen LogP contribution in [0.5, 0.6) is 11.5 Å². The molecule has 3 aromatic rings. The Morgan fingerprint density at radius 2 is 1.31 bits per heavy atom. The minimum absolute atomic E-state index is 0.231. The molecule has 0 radical (unpaired) electrons. The SMILES string of the molecule is COc1ccc(C(C)N(Cc2ccccc2)S(=O)(=O)c2ccc(OC)cc2)cc1. The number of hydrogen-bond donors (Lipinski definition) is 0. The lowest BCUT2D eigenvalue weighted by Gasteiger charge is -2.29. The predicted molar refractivity (Wildman–Crippen MR) is 114 cm³/mol. The molecular formula is C23H25NO4S. The molecular weight excluding hydrogens is 386 g/mol. The molecule has 0 heterocycles. The van der Waals surface area contributed by atoms with E-state index in [0.29, 0.717) is 5.75 Å². The maximum Gasteiger partial charge on any atom is 0.243 e. The molecule has 3 aromatic carbocycles. The summed E-state index contributed by atoms with van der Waals surface area (Å²) in [6.07, 6.45) is 0. The van der Waals surface area contributed by atoms with Crippen molar-refractivity contribution in [2.75, 3.05) is 14.2 Å². The summed E-state index contributed by atoms with van der Waals surface area (Å²) in [6.45, 7) is 2.16. The van der Waals surface area contributed by atoms with E-state index in [2.05, 4.69) is 0 Å². The van der Waals surface area contributed by atoms with E-state index in [1.807, 2.05) is 61.5 Å². The predicted octanol–water partition coefficient (Wildman–Crippen LogP) is 4.66. The van der Waals surface area contributed by atoms with Crippen molar-refractivity contribution < 1.29 is 17.9 Å². The molecule has 0 amide bonds. The summed E-state index contributed by atoms with van der Waals surface area (Å²) >= 11 is 0. The summed E-state index contributed by atoms with van der Waals surface area (Å²) in [6, 6.07) is 23.2. The smallest absolute Gasteiger partial charge is 0.243 e. The molecule has 152 valence electrons. The average Bonchev–Trinajstić information content (AvgIpc) is 2.77. The zero-order valence-electron chi connectivity index (χ0n) is 16.8. The number of sulfonamides is 1. The zero-order valence-corrected chi connectivity index (χ0v) is 17.6. The van der Waals surface area contributed by atoms with E-state index < -0.39 is 10.0 Å². The van der Waals surface area contributed by atoms with Gasteiger partial charge in [-0.15, -0.1) is 0 Å². The van der Waals surface area contributed by atoms with Crippen molar-refractivity contribution in [2.24, 2.45) is 0 Å². The Balaban J connectivity index is 2.00. The first-order valence-corrected chi connectivity index (χ1v) is 10.7. The number of hydrogen-bond acceptors (Lipinski definition) is 4. The van der Waals surface area contributed by atoms with Crippen LogP contribution in [0.2, 0.25) is 0 Å². The van der Waals surface area contributed by atoms with Crippen LogP contribution in [0.25, 0.3) is 0 Å². The topological polar surface area (TPSA) is 55.8 Å². The first kappa shape index (κ1) is 20.9. The van der Waals surface area contributed by atoms with Crippen molar-refractivity contribution in [1.29, 1.82) is 0 Å². The van der Waals surface area contributed by atoms with Gasteiger partial charge in [0.05, 0.1) is 19.1 Å². The van der Waals surface area contributed by atoms with Gasteiger partial charge in [0.1, 0.15) is 11.5 Å². The number of nitrogens with zero attached hydrogens (tertiary/aromatic N) is 1. The van der Waals surface area contributed by atoms with E-state index in [1.54, 1.807) is 38.5 Å². The molecule has 0 aliphatic rings. The molecule has 0 spiro atoms. The molecule has 0 saturated carbocycles. The molecule has 3 rings (SSSR count). The summed E-state index contributed by atoms with van der Waals surface area (Å²) in [5.41, 5.74) is 1.81. The van der Waals surface area contributed by atoms with Gasteiger partial charge in [-0.2, -0.15) is 4.31 Å². The van der Waals surface area contributed by atoms with Crippen LogP contribution >= 0.6 is 0 Å². The normalized spacial score (nSPS) is 12.6. The molecule has 0 bridgehead atoms. The summed E-state index contributed by atoms with van der Waals surface area (Å²) < 4.78 is 39.0. The van der Waals surface area contributed by atoms with Gasteiger partial charge in [-0.1, -0.05) is 42.5 Å². The van der Waals surface area contributed by atoms with E-state index >= 15 is 0 Å². The van der Waals surface area contributed by atoms with Crippen LogP contribution < -0.4 is 9.47 Å². The minimum atomic E-state index is -3.74. The van der Waals surface area contributed by atoms with E-state index in [1.165, 1.54) is 4.31 Å². The molecule has 29 heavy (non-hydrogen) atoms. The van der Waals surface area contributed by atoms with Crippen LogP contribution in [-0.2, 0) is 16.6 Å². The maximum atomic E-state index is 13.5. The third-order valence-electron chi connectivity index (χ3n) is 4.88. The fourth-order valence-corrected chi connectivity index (χ4v) is 4.73. The molecule has 0 saturated heterocycles. The highest BCUT2D eigenvalue weighted by Gasteiger charge is 2.30. The fraction of sp³-hybridized carbons (Fsp3) is 0.217. The third-order valence-corrected chi connectivity index (χ3v) is 6.81. The lowest BCUT2D eigenvalue weighted by molar-refractivity contribution is 0.335. The van der Waals surface area contributed by atoms with Gasteiger partial charge in [0.2, 0.25) is 10.0 Å². The Labute approximate surface area is 172 Å². The Morgan fingerprint density at radius 3 is 1.83 bits per heavy atom. The molecule has 5 nitrogen and oxygen atoms in total. The zero-order chi connectivity index (χ0) is 20.9. The summed E-state index contributed by atoms with van der Waals surface area (Å²) in [5, 5.41) is 0. The van der Waals surface area contributed by atoms with Gasteiger partial charge in [-0.05, 0) is 54.4 Å². The molecule has 0 fully saturated rings. The lowest BCUT2D eigenvalue weighted by atomic mass is 10.1. The summed E-state index contributed by atoms with van der Waals surface area (Å²) in [7, 11) is -0.583. The molecule has 0 aliphatic heterocycles. The van der Waals surface area contributed by atoms with Gasteiger partial charge in [0, 0.05) is 12.6 Å². The van der Waals surface area contributed by atoms with Crippen molar-refractivity contribution in [3.63, 3.8) is 0 Å². The van der Waals surface area contributed by atoms with Gasteiger partial charge in [0.25, 0.3) is 0 Å². The van der Waals surface area contributed by atoms with Crippen molar-refractivity contribution in [2.45, 2.75) is 24.4 Å². The number of methoxy groups -OCH3 is 2. The number of rotatable bonds is 8. The standard InChI is InChI=1S/C23H25NO4S/c1-18(20-9-11-21(27-2)12-10-20)24(17-19-7-5-4-6-8-19)29(25,26)23-15-13-22(28-3)14-16-23/h4-16,18H,17H2,1-3H3. The van der Waals surface area contributed by atoms with Crippen LogP contribution in [0.3, 0.4) is 0 Å². The highest BCUT2D eigenvalue weighted by Crippen LogP contribution is 2.31. The highest BCUT2D eigenvalue weighted by atomic mass is 32.2. The van der Waals surface area contributed by atoms with Crippen molar-refractivity contribution in [3.05, 3.63) is 90.0 Å². The second kappa shape index (κ2) is 9.11. The molecule has 1 atom stereocenters. The molecule has 0 aliphatic carbocycles. The lowest BCUT2D eigenvalue weighted by Crippen LogP contribution is -2.33. The quantitative estimate of drug-likeness (QED) is 0.541. The van der Waals surface area contributed by atoms with Gasteiger partial charge >= 0.3 is 0 Å². The molecule has 6 heteroatoms. The summed E-state index contributed by atoms with van der Waals surface area (Å²) in [5.74, 6) is 1.34. The number of benzene rings is 3. The highest BCUT2D eigenvalue weighted by molar-refractivity contribution is 7.89. The number of ether oxygens (including phenoxy) is 2. The van der Waals surface area contributed by atoms with Crippen LogP contribution in [0.15, 0.2) is 83.8 Å². The van der Waals surface area contributed by atoms with E-state index in [-0.39, 0.29) is 17.5 Å². The second-order valence-corrected chi connectivity index (χ2v) is 8.55. The monoisotopic (exact) mass is 411 g/mol. The van der Waals surface area contributed by atoms with E-state index in [0.717, 1.165) is 16.9 Å². The van der Waals surface area contributed by atoms with Crippen LogP contribution in [-0.4, -0.2) is 26.9 Å². The van der Waals surface area contributed by atoms with Gasteiger partial charge < -0.3 is 9.47 Å². The van der Waals surface area contributed by atoms with E-state index in [9.17, 15) is 8.42 Å².